The van der Waals surface area contributed by atoms with Crippen LogP contribution in [-0.4, -0.2) is 32.5 Å². The number of carbonyl (C=O) groups excluding carboxylic acids is 2. The third-order valence-electron chi connectivity index (χ3n) is 7.95. The molecule has 5 nitrogen and oxygen atoms in total. The molecule has 4 aliphatic rings. The molecule has 4 rings (SSSR count). The molecule has 0 bridgehead atoms. The number of fused-ring (bicyclic) bond motifs is 5. The van der Waals surface area contributed by atoms with Gasteiger partial charge in [0.1, 0.15) is 17.6 Å². The van der Waals surface area contributed by atoms with Crippen molar-refractivity contribution < 1.29 is 24.9 Å². The summed E-state index contributed by atoms with van der Waals surface area (Å²) in [6, 6.07) is 0. The van der Waals surface area contributed by atoms with E-state index in [9.17, 15) is 24.9 Å². The molecule has 0 radical (unpaired) electrons. The van der Waals surface area contributed by atoms with Crippen LogP contribution in [0.4, 0.5) is 0 Å². The lowest BCUT2D eigenvalue weighted by Gasteiger charge is -2.56. The Balaban J connectivity index is 1.77. The Hall–Kier alpha value is -1.88. The highest BCUT2D eigenvalue weighted by Crippen LogP contribution is 2.66. The first-order valence-corrected chi connectivity index (χ1v) is 9.40. The van der Waals surface area contributed by atoms with Gasteiger partial charge in [0.2, 0.25) is 0 Å². The van der Waals surface area contributed by atoms with E-state index >= 15 is 0 Å². The quantitative estimate of drug-likeness (QED) is 0.626. The maximum Gasteiger partial charge on any atom is 0.178 e. The van der Waals surface area contributed by atoms with Gasteiger partial charge in [-0.3, -0.25) is 9.59 Å². The van der Waals surface area contributed by atoms with Crippen molar-refractivity contribution in [2.75, 3.05) is 0 Å². The van der Waals surface area contributed by atoms with Gasteiger partial charge >= 0.3 is 0 Å². The summed E-state index contributed by atoms with van der Waals surface area (Å²) in [5.41, 5.74) is -1.76. The molecule has 4 aliphatic carbocycles. The molecule has 140 valence electrons. The normalized spacial score (nSPS) is 47.9. The Bertz CT molecular complexity index is 777. The summed E-state index contributed by atoms with van der Waals surface area (Å²) in [7, 11) is 0. The topological polar surface area (TPSA) is 94.8 Å². The molecule has 0 spiro atoms. The second kappa shape index (κ2) is 5.32. The molecular formula is C21H26O5. The summed E-state index contributed by atoms with van der Waals surface area (Å²) < 4.78 is 0. The minimum Gasteiger partial charge on any atom is -0.512 e. The molecule has 0 aliphatic heterocycles. The van der Waals surface area contributed by atoms with Crippen LogP contribution in [0.5, 0.6) is 0 Å². The van der Waals surface area contributed by atoms with E-state index in [0.29, 0.717) is 19.1 Å². The van der Waals surface area contributed by atoms with Gasteiger partial charge < -0.3 is 15.3 Å². The Labute approximate surface area is 153 Å². The molecule has 0 amide bonds. The van der Waals surface area contributed by atoms with Gasteiger partial charge in [-0.1, -0.05) is 25.5 Å². The van der Waals surface area contributed by atoms with Crippen molar-refractivity contribution in [1.82, 2.24) is 0 Å². The van der Waals surface area contributed by atoms with Crippen LogP contribution in [0.1, 0.15) is 46.0 Å². The fraction of sp³-hybridized carbons (Fsp3) is 0.619. The maximum atomic E-state index is 13.3. The van der Waals surface area contributed by atoms with Crippen molar-refractivity contribution in [1.29, 1.82) is 0 Å². The minimum atomic E-state index is -1.57. The summed E-state index contributed by atoms with van der Waals surface area (Å²) in [5.74, 6) is -0.403. The first-order valence-electron chi connectivity index (χ1n) is 9.40. The van der Waals surface area contributed by atoms with Crippen molar-refractivity contribution >= 4 is 11.6 Å². The van der Waals surface area contributed by atoms with Gasteiger partial charge in [0.15, 0.2) is 11.5 Å². The van der Waals surface area contributed by atoms with Crippen LogP contribution in [-0.2, 0) is 9.59 Å². The fourth-order valence-corrected chi connectivity index (χ4v) is 6.56. The summed E-state index contributed by atoms with van der Waals surface area (Å²) in [5, 5.41) is 30.6. The monoisotopic (exact) mass is 358 g/mol. The number of hydrogen-bond donors (Lipinski definition) is 3. The van der Waals surface area contributed by atoms with Crippen LogP contribution in [0.2, 0.25) is 0 Å². The number of rotatable bonds is 1. The highest BCUT2D eigenvalue weighted by atomic mass is 16.3. The molecular weight excluding hydrogens is 332 g/mol. The van der Waals surface area contributed by atoms with Gasteiger partial charge in [-0.15, -0.1) is 0 Å². The molecule has 0 heterocycles. The molecule has 3 fully saturated rings. The SMILES string of the molecule is C[C@]12C=CC(=O)C=C1CC[C@@H]1[C@@H]2C(=O)C[C@@]2(C)[C@H]1CC[C@]2(O)/C(O)=C/O. The number of aliphatic hydroxyl groups excluding tert-OH is 2. The average molecular weight is 358 g/mol. The number of allylic oxidation sites excluding steroid dienone is 4. The standard InChI is InChI=1S/C21H26O5/c1-19-7-5-13(23)9-12(19)3-4-14-15-6-8-21(26,17(25)11-22)20(15,2)10-16(24)18(14)19/h5,7,9,11,14-15,18,22,25-26H,3-4,6,8,10H2,1-2H3/b17-11-/t14-,15-,18+,19-,20-,21-/m0/s1. The highest BCUT2D eigenvalue weighted by Gasteiger charge is 2.67. The van der Waals surface area contributed by atoms with E-state index in [1.807, 2.05) is 19.9 Å². The summed E-state index contributed by atoms with van der Waals surface area (Å²) >= 11 is 0. The Morgan fingerprint density at radius 1 is 1.27 bits per heavy atom. The van der Waals surface area contributed by atoms with E-state index in [1.165, 1.54) is 0 Å². The zero-order chi connectivity index (χ0) is 18.9. The zero-order valence-corrected chi connectivity index (χ0v) is 15.2. The lowest BCUT2D eigenvalue weighted by Crippen LogP contribution is -2.58. The van der Waals surface area contributed by atoms with Crippen LogP contribution in [0.3, 0.4) is 0 Å². The first-order chi connectivity index (χ1) is 12.2. The summed E-state index contributed by atoms with van der Waals surface area (Å²) in [4.78, 5) is 25.1. The predicted molar refractivity (Wildman–Crippen MR) is 95.3 cm³/mol. The van der Waals surface area contributed by atoms with Crippen LogP contribution in [0.25, 0.3) is 0 Å². The van der Waals surface area contributed by atoms with E-state index in [2.05, 4.69) is 0 Å². The molecule has 3 N–H and O–H groups in total. The van der Waals surface area contributed by atoms with Crippen molar-refractivity contribution in [2.45, 2.75) is 51.6 Å². The summed E-state index contributed by atoms with van der Waals surface area (Å²) in [6.45, 7) is 3.91. The predicted octanol–water partition coefficient (Wildman–Crippen LogP) is 3.16. The third-order valence-corrected chi connectivity index (χ3v) is 7.95. The number of hydrogen-bond acceptors (Lipinski definition) is 5. The molecule has 0 aromatic heterocycles. The fourth-order valence-electron chi connectivity index (χ4n) is 6.56. The van der Waals surface area contributed by atoms with Crippen molar-refractivity contribution in [2.24, 2.45) is 28.6 Å². The lowest BCUT2D eigenvalue weighted by molar-refractivity contribution is -0.155. The maximum absolute atomic E-state index is 13.3. The van der Waals surface area contributed by atoms with Gasteiger partial charge in [0.25, 0.3) is 0 Å². The minimum absolute atomic E-state index is 0.0164. The lowest BCUT2D eigenvalue weighted by atomic mass is 9.47. The highest BCUT2D eigenvalue weighted by molar-refractivity contribution is 6.01. The molecule has 3 saturated carbocycles. The van der Waals surface area contributed by atoms with E-state index in [-0.39, 0.29) is 35.7 Å². The van der Waals surface area contributed by atoms with Gasteiger partial charge in [-0.2, -0.15) is 0 Å². The van der Waals surface area contributed by atoms with E-state index in [1.54, 1.807) is 12.2 Å². The summed E-state index contributed by atoms with van der Waals surface area (Å²) in [6.07, 6.45) is 8.49. The average Bonchev–Trinajstić information content (AvgIpc) is 2.86. The van der Waals surface area contributed by atoms with Gasteiger partial charge in [-0.05, 0) is 49.7 Å². The molecule has 26 heavy (non-hydrogen) atoms. The molecule has 0 unspecified atom stereocenters. The van der Waals surface area contributed by atoms with Crippen LogP contribution < -0.4 is 0 Å². The second-order valence-corrected chi connectivity index (χ2v) is 8.95. The molecule has 5 heteroatoms. The Morgan fingerprint density at radius 3 is 2.69 bits per heavy atom. The van der Waals surface area contributed by atoms with Crippen LogP contribution in [0, 0.1) is 28.6 Å². The molecule has 0 saturated heterocycles. The van der Waals surface area contributed by atoms with Gasteiger partial charge in [0.05, 0.1) is 0 Å². The van der Waals surface area contributed by atoms with Crippen LogP contribution in [0.15, 0.2) is 35.8 Å². The second-order valence-electron chi connectivity index (χ2n) is 8.95. The number of carbonyl (C=O) groups is 2. The van der Waals surface area contributed by atoms with Crippen molar-refractivity contribution in [3.05, 3.63) is 35.8 Å². The van der Waals surface area contributed by atoms with Gasteiger partial charge in [0, 0.05) is 23.2 Å². The first kappa shape index (κ1) is 17.5. The largest absolute Gasteiger partial charge is 0.512 e. The van der Waals surface area contributed by atoms with E-state index < -0.39 is 22.2 Å². The van der Waals surface area contributed by atoms with Crippen LogP contribution >= 0.6 is 0 Å². The molecule has 0 aromatic rings. The Kier molecular flexibility index (Phi) is 3.59. The smallest absolute Gasteiger partial charge is 0.178 e. The number of ketones is 2. The molecule has 0 aromatic carbocycles. The molecule has 6 atom stereocenters. The van der Waals surface area contributed by atoms with E-state index in [0.717, 1.165) is 18.4 Å². The number of Topliss-reactive ketones (excluding diaryl/α,β-unsaturated/α-hetero) is 1. The van der Waals surface area contributed by atoms with Crippen molar-refractivity contribution in [3.8, 4) is 0 Å². The Morgan fingerprint density at radius 2 is 2.00 bits per heavy atom. The number of aliphatic hydroxyl groups is 3. The zero-order valence-electron chi connectivity index (χ0n) is 15.2. The van der Waals surface area contributed by atoms with Crippen molar-refractivity contribution in [3.63, 3.8) is 0 Å². The van der Waals surface area contributed by atoms with E-state index in [4.69, 9.17) is 0 Å². The van der Waals surface area contributed by atoms with Gasteiger partial charge in [-0.25, -0.2) is 0 Å². The third kappa shape index (κ3) is 1.95.